The van der Waals surface area contributed by atoms with Gasteiger partial charge in [-0.15, -0.1) is 0 Å². The lowest BCUT2D eigenvalue weighted by molar-refractivity contribution is -0.122. The van der Waals surface area contributed by atoms with Crippen molar-refractivity contribution in [2.24, 2.45) is 0 Å². The number of hydrogen-bond acceptors (Lipinski definition) is 3. The van der Waals surface area contributed by atoms with E-state index in [0.29, 0.717) is 6.54 Å². The minimum absolute atomic E-state index is 0.0405. The summed E-state index contributed by atoms with van der Waals surface area (Å²) in [5.41, 5.74) is 3.00. The smallest absolute Gasteiger partial charge is 0.304 e. The van der Waals surface area contributed by atoms with Crippen molar-refractivity contribution < 1.29 is 4.79 Å². The lowest BCUT2D eigenvalue weighted by atomic mass is 9.98. The van der Waals surface area contributed by atoms with Crippen LogP contribution in [-0.4, -0.2) is 10.9 Å². The Morgan fingerprint density at radius 2 is 2.05 bits per heavy atom. The van der Waals surface area contributed by atoms with Gasteiger partial charge >= 0.3 is 4.87 Å². The Morgan fingerprint density at radius 3 is 2.60 bits per heavy atom. The van der Waals surface area contributed by atoms with E-state index in [2.05, 4.69) is 29.4 Å². The number of amides is 1. The lowest BCUT2D eigenvalue weighted by Gasteiger charge is -2.12. The number of rotatable bonds is 5. The maximum Gasteiger partial charge on any atom is 0.304 e. The van der Waals surface area contributed by atoms with Gasteiger partial charge in [-0.25, -0.2) is 0 Å². The molecule has 0 fully saturated rings. The molecule has 0 aliphatic heterocycles. The van der Waals surface area contributed by atoms with E-state index in [4.69, 9.17) is 0 Å². The highest BCUT2D eigenvalue weighted by atomic mass is 32.1. The maximum atomic E-state index is 12.1. The average Bonchev–Trinajstić information content (AvgIpc) is 2.89. The number of carbonyl (C=O) groups excluding carboxylic acids is 1. The van der Waals surface area contributed by atoms with Crippen LogP contribution in [0.3, 0.4) is 0 Å². The molecule has 2 N–H and O–H groups in total. The predicted octanol–water partition coefficient (Wildman–Crippen LogP) is 2.42. The second-order valence-corrected chi connectivity index (χ2v) is 5.55. The molecule has 0 bridgehead atoms. The number of thiazole rings is 1. The molecule has 0 aliphatic rings. The van der Waals surface area contributed by atoms with Crippen LogP contribution in [0.4, 0.5) is 0 Å². The third kappa shape index (κ3) is 3.57. The standard InChI is InChI=1S/C15H18N2O2S/c1-3-11-4-6-12(7-5-11)10(2)14(18)16-8-13-9-20-15(19)17-13/h4-7,9-10H,3,8H2,1-2H3,(H,16,18)(H,17,19)/t10-/m1/s1. The van der Waals surface area contributed by atoms with Crippen molar-refractivity contribution in [1.82, 2.24) is 10.3 Å². The van der Waals surface area contributed by atoms with Crippen molar-refractivity contribution in [2.75, 3.05) is 0 Å². The van der Waals surface area contributed by atoms with Gasteiger partial charge in [0, 0.05) is 11.1 Å². The van der Waals surface area contributed by atoms with Gasteiger partial charge in [0.05, 0.1) is 12.5 Å². The number of hydrogen-bond donors (Lipinski definition) is 2. The summed E-state index contributed by atoms with van der Waals surface area (Å²) in [5, 5.41) is 4.56. The molecule has 0 radical (unpaired) electrons. The highest BCUT2D eigenvalue weighted by Crippen LogP contribution is 2.16. The predicted molar refractivity (Wildman–Crippen MR) is 81.0 cm³/mol. The van der Waals surface area contributed by atoms with Crippen molar-refractivity contribution in [3.8, 4) is 0 Å². The Morgan fingerprint density at radius 1 is 1.35 bits per heavy atom. The molecule has 1 heterocycles. The largest absolute Gasteiger partial charge is 0.350 e. The van der Waals surface area contributed by atoms with Crippen LogP contribution in [0.25, 0.3) is 0 Å². The summed E-state index contributed by atoms with van der Waals surface area (Å²) in [6, 6.07) is 8.09. The van der Waals surface area contributed by atoms with Crippen molar-refractivity contribution in [3.05, 3.63) is 56.1 Å². The molecule has 1 amide bonds. The quantitative estimate of drug-likeness (QED) is 0.888. The van der Waals surface area contributed by atoms with Crippen LogP contribution in [0.1, 0.15) is 36.6 Å². The lowest BCUT2D eigenvalue weighted by Crippen LogP contribution is -2.27. The van der Waals surface area contributed by atoms with Crippen LogP contribution in [-0.2, 0) is 17.8 Å². The highest BCUT2D eigenvalue weighted by Gasteiger charge is 2.14. The second kappa shape index (κ2) is 6.52. The molecule has 20 heavy (non-hydrogen) atoms. The fourth-order valence-electron chi connectivity index (χ4n) is 1.93. The van der Waals surface area contributed by atoms with Crippen LogP contribution in [0.5, 0.6) is 0 Å². The molecule has 5 heteroatoms. The first-order valence-corrected chi connectivity index (χ1v) is 7.51. The van der Waals surface area contributed by atoms with Crippen molar-refractivity contribution >= 4 is 17.2 Å². The van der Waals surface area contributed by atoms with Crippen molar-refractivity contribution in [3.63, 3.8) is 0 Å². The fourth-order valence-corrected chi connectivity index (χ4v) is 2.51. The maximum absolute atomic E-state index is 12.1. The van der Waals surface area contributed by atoms with Crippen LogP contribution >= 0.6 is 11.3 Å². The van der Waals surface area contributed by atoms with E-state index >= 15 is 0 Å². The average molecular weight is 290 g/mol. The van der Waals surface area contributed by atoms with E-state index in [1.165, 1.54) is 5.56 Å². The molecule has 0 saturated heterocycles. The topological polar surface area (TPSA) is 62.0 Å². The number of benzene rings is 1. The van der Waals surface area contributed by atoms with Gasteiger partial charge in [0.2, 0.25) is 5.91 Å². The molecule has 2 aromatic rings. The van der Waals surface area contributed by atoms with Crippen molar-refractivity contribution in [2.45, 2.75) is 32.7 Å². The van der Waals surface area contributed by atoms with Gasteiger partial charge < -0.3 is 10.3 Å². The Hall–Kier alpha value is -1.88. The third-order valence-corrected chi connectivity index (χ3v) is 4.02. The van der Waals surface area contributed by atoms with E-state index < -0.39 is 0 Å². The minimum atomic E-state index is -0.203. The van der Waals surface area contributed by atoms with E-state index in [9.17, 15) is 9.59 Å². The van der Waals surface area contributed by atoms with Crippen LogP contribution in [0.2, 0.25) is 0 Å². The summed E-state index contributed by atoms with van der Waals surface area (Å²) in [4.78, 5) is 25.7. The van der Waals surface area contributed by atoms with E-state index in [1.54, 1.807) is 5.38 Å². The SMILES string of the molecule is CCc1ccc([C@@H](C)C(=O)NCc2csc(=O)[nH]2)cc1. The van der Waals surface area contributed by atoms with Gasteiger partial charge in [-0.1, -0.05) is 42.5 Å². The first-order chi connectivity index (χ1) is 9.60. The zero-order chi connectivity index (χ0) is 14.5. The monoisotopic (exact) mass is 290 g/mol. The molecule has 1 atom stereocenters. The number of aromatic nitrogens is 1. The first-order valence-electron chi connectivity index (χ1n) is 6.63. The van der Waals surface area contributed by atoms with Gasteiger partial charge in [0.25, 0.3) is 0 Å². The Labute approximate surface area is 121 Å². The zero-order valence-corrected chi connectivity index (χ0v) is 12.4. The summed E-state index contributed by atoms with van der Waals surface area (Å²) >= 11 is 1.10. The number of aryl methyl sites for hydroxylation is 1. The molecule has 1 aromatic heterocycles. The fraction of sp³-hybridized carbons (Fsp3) is 0.333. The van der Waals surface area contributed by atoms with Crippen LogP contribution in [0, 0.1) is 0 Å². The highest BCUT2D eigenvalue weighted by molar-refractivity contribution is 7.07. The molecule has 0 spiro atoms. The van der Waals surface area contributed by atoms with Crippen molar-refractivity contribution in [1.29, 1.82) is 0 Å². The summed E-state index contributed by atoms with van der Waals surface area (Å²) in [5.74, 6) is -0.243. The Balaban J connectivity index is 1.95. The van der Waals surface area contributed by atoms with E-state index in [1.807, 2.05) is 19.1 Å². The minimum Gasteiger partial charge on any atom is -0.350 e. The van der Waals surface area contributed by atoms with Gasteiger partial charge in [-0.3, -0.25) is 9.59 Å². The molecule has 1 aromatic carbocycles. The summed E-state index contributed by atoms with van der Waals surface area (Å²) in [6.45, 7) is 4.34. The molecule has 106 valence electrons. The van der Waals surface area contributed by atoms with Gasteiger partial charge in [0.1, 0.15) is 0 Å². The summed E-state index contributed by atoms with van der Waals surface area (Å²) in [6.07, 6.45) is 0.992. The number of carbonyl (C=O) groups is 1. The van der Waals surface area contributed by atoms with Gasteiger partial charge in [-0.05, 0) is 24.5 Å². The van der Waals surface area contributed by atoms with Gasteiger partial charge in [-0.2, -0.15) is 0 Å². The van der Waals surface area contributed by atoms with Crippen LogP contribution in [0.15, 0.2) is 34.4 Å². The Bertz CT molecular complexity index is 628. The molecule has 2 rings (SSSR count). The summed E-state index contributed by atoms with van der Waals surface area (Å²) in [7, 11) is 0. The summed E-state index contributed by atoms with van der Waals surface area (Å²) < 4.78 is 0. The number of aromatic amines is 1. The molecule has 0 aliphatic carbocycles. The second-order valence-electron chi connectivity index (χ2n) is 4.71. The van der Waals surface area contributed by atoms with Crippen LogP contribution < -0.4 is 10.2 Å². The van der Waals surface area contributed by atoms with E-state index in [0.717, 1.165) is 29.0 Å². The normalized spacial score (nSPS) is 12.1. The Kier molecular flexibility index (Phi) is 4.74. The van der Waals surface area contributed by atoms with Gasteiger partial charge in [0.15, 0.2) is 0 Å². The molecular formula is C15H18N2O2S. The number of nitrogens with one attached hydrogen (secondary N) is 2. The number of H-pyrrole nitrogens is 1. The molecule has 4 nitrogen and oxygen atoms in total. The molecule has 0 saturated carbocycles. The first kappa shape index (κ1) is 14.5. The third-order valence-electron chi connectivity index (χ3n) is 3.31. The zero-order valence-electron chi connectivity index (χ0n) is 11.6. The molecular weight excluding hydrogens is 272 g/mol. The van der Waals surface area contributed by atoms with E-state index in [-0.39, 0.29) is 16.7 Å². The molecule has 0 unspecified atom stereocenters.